The van der Waals surface area contributed by atoms with Crippen molar-refractivity contribution in [3.63, 3.8) is 0 Å². The Morgan fingerprint density at radius 2 is 2.38 bits per heavy atom. The van der Waals surface area contributed by atoms with E-state index < -0.39 is 0 Å². The lowest BCUT2D eigenvalue weighted by Crippen LogP contribution is -2.15. The number of carbonyl (C=O) groups is 1. The average Bonchev–Trinajstić information content (AvgIpc) is 2.66. The van der Waals surface area contributed by atoms with E-state index in [9.17, 15) is 4.79 Å². The van der Waals surface area contributed by atoms with E-state index in [0.717, 1.165) is 15.8 Å². The predicted molar refractivity (Wildman–Crippen MR) is 71.3 cm³/mol. The van der Waals surface area contributed by atoms with Crippen LogP contribution in [-0.2, 0) is 4.79 Å². The van der Waals surface area contributed by atoms with Crippen molar-refractivity contribution in [3.05, 3.63) is 0 Å². The number of rotatable bonds is 7. The largest absolute Gasteiger partial charge is 0.330 e. The van der Waals surface area contributed by atoms with Crippen LogP contribution in [0.15, 0.2) is 4.34 Å². The SMILES string of the molecule is CCSc1nnc(NC(=O)CSCCN)s1. The van der Waals surface area contributed by atoms with Crippen molar-refractivity contribution < 1.29 is 4.79 Å². The molecular weight excluding hydrogens is 264 g/mol. The van der Waals surface area contributed by atoms with E-state index in [1.807, 2.05) is 6.92 Å². The van der Waals surface area contributed by atoms with Crippen LogP contribution in [0, 0.1) is 0 Å². The number of thioether (sulfide) groups is 2. The molecule has 90 valence electrons. The van der Waals surface area contributed by atoms with Gasteiger partial charge in [-0.2, -0.15) is 11.8 Å². The lowest BCUT2D eigenvalue weighted by Gasteiger charge is -1.99. The minimum atomic E-state index is -0.0531. The molecule has 0 saturated heterocycles. The monoisotopic (exact) mass is 278 g/mol. The van der Waals surface area contributed by atoms with Gasteiger partial charge >= 0.3 is 0 Å². The fourth-order valence-electron chi connectivity index (χ4n) is 0.846. The first-order valence-corrected chi connectivity index (χ1v) is 7.76. The summed E-state index contributed by atoms with van der Waals surface area (Å²) in [4.78, 5) is 11.4. The molecule has 1 amide bonds. The molecule has 0 aliphatic carbocycles. The van der Waals surface area contributed by atoms with Gasteiger partial charge in [-0.3, -0.25) is 10.1 Å². The maximum absolute atomic E-state index is 11.4. The Balaban J connectivity index is 2.31. The molecule has 16 heavy (non-hydrogen) atoms. The van der Waals surface area contributed by atoms with E-state index in [1.54, 1.807) is 11.8 Å². The molecule has 0 spiro atoms. The summed E-state index contributed by atoms with van der Waals surface area (Å²) in [5, 5.41) is 11.1. The number of aromatic nitrogens is 2. The first-order chi connectivity index (χ1) is 7.76. The van der Waals surface area contributed by atoms with Crippen molar-refractivity contribution >= 4 is 45.9 Å². The smallest absolute Gasteiger partial charge is 0.236 e. The Morgan fingerprint density at radius 3 is 3.06 bits per heavy atom. The van der Waals surface area contributed by atoms with Crippen molar-refractivity contribution in [1.82, 2.24) is 10.2 Å². The molecule has 0 atom stereocenters. The van der Waals surface area contributed by atoms with E-state index in [2.05, 4.69) is 15.5 Å². The molecule has 0 aliphatic heterocycles. The molecule has 0 aliphatic rings. The first-order valence-electron chi connectivity index (χ1n) is 4.80. The highest BCUT2D eigenvalue weighted by Gasteiger charge is 2.07. The molecule has 1 aromatic rings. The molecule has 3 N–H and O–H groups in total. The molecular formula is C8H14N4OS3. The molecule has 0 aromatic carbocycles. The predicted octanol–water partition coefficient (Wildman–Crippen LogP) is 1.28. The highest BCUT2D eigenvalue weighted by Crippen LogP contribution is 2.24. The van der Waals surface area contributed by atoms with Gasteiger partial charge in [-0.05, 0) is 5.75 Å². The lowest BCUT2D eigenvalue weighted by molar-refractivity contribution is -0.113. The van der Waals surface area contributed by atoms with Gasteiger partial charge in [0, 0.05) is 12.3 Å². The zero-order chi connectivity index (χ0) is 11.8. The highest BCUT2D eigenvalue weighted by atomic mass is 32.2. The third-order valence-electron chi connectivity index (χ3n) is 1.42. The maximum Gasteiger partial charge on any atom is 0.236 e. The molecule has 0 fully saturated rings. The van der Waals surface area contributed by atoms with Gasteiger partial charge in [0.15, 0.2) is 4.34 Å². The van der Waals surface area contributed by atoms with E-state index in [-0.39, 0.29) is 5.91 Å². The van der Waals surface area contributed by atoms with Gasteiger partial charge in [0.1, 0.15) is 0 Å². The number of anilines is 1. The number of hydrogen-bond donors (Lipinski definition) is 2. The minimum Gasteiger partial charge on any atom is -0.330 e. The molecule has 0 bridgehead atoms. The van der Waals surface area contributed by atoms with Crippen LogP contribution in [0.3, 0.4) is 0 Å². The second-order valence-corrected chi connectivity index (χ2v) is 6.29. The molecule has 0 radical (unpaired) electrons. The van der Waals surface area contributed by atoms with Gasteiger partial charge in [-0.15, -0.1) is 10.2 Å². The summed E-state index contributed by atoms with van der Waals surface area (Å²) in [6, 6.07) is 0. The van der Waals surface area contributed by atoms with E-state index >= 15 is 0 Å². The summed E-state index contributed by atoms with van der Waals surface area (Å²) >= 11 is 4.53. The summed E-state index contributed by atoms with van der Waals surface area (Å²) in [5.41, 5.74) is 5.33. The molecule has 1 aromatic heterocycles. The number of nitrogens with two attached hydrogens (primary N) is 1. The van der Waals surface area contributed by atoms with Gasteiger partial charge in [0.05, 0.1) is 5.75 Å². The third kappa shape index (κ3) is 5.15. The highest BCUT2D eigenvalue weighted by molar-refractivity contribution is 8.01. The van der Waals surface area contributed by atoms with E-state index in [1.165, 1.54) is 23.1 Å². The Bertz CT molecular complexity index is 331. The summed E-state index contributed by atoms with van der Waals surface area (Å²) < 4.78 is 0.882. The second kappa shape index (κ2) is 7.88. The van der Waals surface area contributed by atoms with Crippen LogP contribution in [0.25, 0.3) is 0 Å². The Morgan fingerprint density at radius 1 is 1.56 bits per heavy atom. The van der Waals surface area contributed by atoms with E-state index in [0.29, 0.717) is 17.4 Å². The van der Waals surface area contributed by atoms with Crippen LogP contribution < -0.4 is 11.1 Å². The molecule has 1 heterocycles. The lowest BCUT2D eigenvalue weighted by atomic mass is 10.7. The van der Waals surface area contributed by atoms with Crippen LogP contribution in [0.2, 0.25) is 0 Å². The minimum absolute atomic E-state index is 0.0531. The quantitative estimate of drug-likeness (QED) is 0.444. The number of nitrogens with one attached hydrogen (secondary N) is 1. The van der Waals surface area contributed by atoms with Gasteiger partial charge < -0.3 is 5.73 Å². The third-order valence-corrected chi connectivity index (χ3v) is 4.26. The van der Waals surface area contributed by atoms with Crippen molar-refractivity contribution in [2.24, 2.45) is 5.73 Å². The average molecular weight is 278 g/mol. The van der Waals surface area contributed by atoms with Gasteiger partial charge in [0.2, 0.25) is 11.0 Å². The summed E-state index contributed by atoms with van der Waals surface area (Å²) in [6.45, 7) is 2.64. The summed E-state index contributed by atoms with van der Waals surface area (Å²) in [5.74, 6) is 2.10. The number of carbonyl (C=O) groups excluding carboxylic acids is 1. The molecule has 8 heteroatoms. The van der Waals surface area contributed by atoms with Crippen LogP contribution in [-0.4, -0.2) is 39.9 Å². The molecule has 0 saturated carbocycles. The van der Waals surface area contributed by atoms with Crippen molar-refractivity contribution in [1.29, 1.82) is 0 Å². The van der Waals surface area contributed by atoms with Crippen molar-refractivity contribution in [2.45, 2.75) is 11.3 Å². The Kier molecular flexibility index (Phi) is 6.78. The maximum atomic E-state index is 11.4. The van der Waals surface area contributed by atoms with Gasteiger partial charge in [-0.1, -0.05) is 30.0 Å². The Hall–Kier alpha value is -0.310. The molecule has 5 nitrogen and oxygen atoms in total. The summed E-state index contributed by atoms with van der Waals surface area (Å²) in [6.07, 6.45) is 0. The Labute approximate surface area is 107 Å². The van der Waals surface area contributed by atoms with Crippen molar-refractivity contribution in [3.8, 4) is 0 Å². The van der Waals surface area contributed by atoms with Crippen LogP contribution in [0.5, 0.6) is 0 Å². The molecule has 0 unspecified atom stereocenters. The topological polar surface area (TPSA) is 80.9 Å². The summed E-state index contributed by atoms with van der Waals surface area (Å²) in [7, 11) is 0. The zero-order valence-electron chi connectivity index (χ0n) is 8.93. The van der Waals surface area contributed by atoms with Gasteiger partial charge in [-0.25, -0.2) is 0 Å². The van der Waals surface area contributed by atoms with Gasteiger partial charge in [0.25, 0.3) is 0 Å². The van der Waals surface area contributed by atoms with E-state index in [4.69, 9.17) is 5.73 Å². The fraction of sp³-hybridized carbons (Fsp3) is 0.625. The first kappa shape index (κ1) is 13.8. The molecule has 1 rings (SSSR count). The standard InChI is InChI=1S/C8H14N4OS3/c1-2-15-8-12-11-7(16-8)10-6(13)5-14-4-3-9/h2-5,9H2,1H3,(H,10,11,13). The fourth-order valence-corrected chi connectivity index (χ4v) is 3.08. The van der Waals surface area contributed by atoms with Crippen LogP contribution >= 0.6 is 34.9 Å². The number of hydrogen-bond acceptors (Lipinski definition) is 7. The van der Waals surface area contributed by atoms with Crippen LogP contribution in [0.1, 0.15) is 6.92 Å². The van der Waals surface area contributed by atoms with Crippen molar-refractivity contribution in [2.75, 3.05) is 29.1 Å². The zero-order valence-corrected chi connectivity index (χ0v) is 11.4. The number of amides is 1. The second-order valence-electron chi connectivity index (χ2n) is 2.70. The van der Waals surface area contributed by atoms with Crippen LogP contribution in [0.4, 0.5) is 5.13 Å². The number of nitrogens with zero attached hydrogens (tertiary/aromatic N) is 2. The normalized spacial score (nSPS) is 10.4.